The smallest absolute Gasteiger partial charge is 0.262 e. The van der Waals surface area contributed by atoms with Gasteiger partial charge in [-0.25, -0.2) is 0 Å². The number of nitrogens with one attached hydrogen (secondary N) is 1. The predicted octanol–water partition coefficient (Wildman–Crippen LogP) is 6.55. The van der Waals surface area contributed by atoms with Gasteiger partial charge in [-0.1, -0.05) is 54.6 Å². The zero-order chi connectivity index (χ0) is 24.8. The number of methoxy groups -OCH3 is 1. The average Bonchev–Trinajstić information content (AvgIpc) is 2.88. The van der Waals surface area contributed by atoms with Gasteiger partial charge in [0.25, 0.3) is 5.91 Å². The van der Waals surface area contributed by atoms with E-state index in [2.05, 4.69) is 11.4 Å². The molecule has 0 saturated heterocycles. The zero-order valence-corrected chi connectivity index (χ0v) is 20.0. The maximum absolute atomic E-state index is 12.4. The molecule has 0 heterocycles. The normalized spacial score (nSPS) is 11.1. The molecule has 0 aliphatic heterocycles. The minimum absolute atomic E-state index is 0.155. The molecule has 0 aromatic heterocycles. The van der Waals surface area contributed by atoms with Crippen LogP contribution in [0.3, 0.4) is 0 Å². The summed E-state index contributed by atoms with van der Waals surface area (Å²) in [7, 11) is 1.54. The number of hydrogen-bond acceptors (Lipinski definition) is 4. The third kappa shape index (κ3) is 5.51. The van der Waals surface area contributed by atoms with Crippen LogP contribution in [0.15, 0.2) is 78.9 Å². The number of carbonyl (C=O) groups is 1. The summed E-state index contributed by atoms with van der Waals surface area (Å²) in [6, 6.07) is 27.3. The summed E-state index contributed by atoms with van der Waals surface area (Å²) in [6.07, 6.45) is 1.82. The number of allylic oxidation sites excluding steroid dienone is 1. The fourth-order valence-electron chi connectivity index (χ4n) is 3.85. The second-order valence-corrected chi connectivity index (χ2v) is 8.24. The topological polar surface area (TPSA) is 71.3 Å². The summed E-state index contributed by atoms with van der Waals surface area (Å²) in [5.41, 5.74) is 5.20. The Balaban J connectivity index is 1.51. The van der Waals surface area contributed by atoms with E-state index in [0.717, 1.165) is 38.7 Å². The first-order valence-corrected chi connectivity index (χ1v) is 11.3. The van der Waals surface area contributed by atoms with Crippen molar-refractivity contribution in [1.82, 2.24) is 0 Å². The van der Waals surface area contributed by atoms with Crippen molar-refractivity contribution in [2.24, 2.45) is 0 Å². The maximum atomic E-state index is 12.4. The van der Waals surface area contributed by atoms with Crippen molar-refractivity contribution in [3.63, 3.8) is 0 Å². The van der Waals surface area contributed by atoms with Crippen molar-refractivity contribution in [2.75, 3.05) is 19.0 Å². The van der Waals surface area contributed by atoms with E-state index in [1.54, 1.807) is 19.2 Å². The minimum Gasteiger partial charge on any atom is -0.493 e. The molecule has 0 unspecified atom stereocenters. The number of rotatable bonds is 7. The summed E-state index contributed by atoms with van der Waals surface area (Å²) in [4.78, 5) is 12.4. The van der Waals surface area contributed by atoms with Crippen LogP contribution in [0.5, 0.6) is 11.5 Å². The van der Waals surface area contributed by atoms with Crippen LogP contribution in [-0.2, 0) is 4.79 Å². The van der Waals surface area contributed by atoms with Gasteiger partial charge in [0.15, 0.2) is 18.1 Å². The van der Waals surface area contributed by atoms with Crippen molar-refractivity contribution in [3.05, 3.63) is 101 Å². The number of nitriles is 1. The van der Waals surface area contributed by atoms with Gasteiger partial charge in [-0.2, -0.15) is 5.26 Å². The van der Waals surface area contributed by atoms with Gasteiger partial charge in [-0.3, -0.25) is 4.79 Å². The molecule has 0 radical (unpaired) electrons. The van der Waals surface area contributed by atoms with Crippen molar-refractivity contribution in [1.29, 1.82) is 5.26 Å². The lowest BCUT2D eigenvalue weighted by molar-refractivity contribution is -0.118. The number of carbonyl (C=O) groups excluding carboxylic acids is 1. The molecule has 35 heavy (non-hydrogen) atoms. The molecule has 0 aliphatic carbocycles. The first-order chi connectivity index (χ1) is 17.0. The Morgan fingerprint density at radius 2 is 1.74 bits per heavy atom. The fraction of sp³-hybridized carbons (Fsp3) is 0.133. The number of amides is 1. The lowest BCUT2D eigenvalue weighted by Crippen LogP contribution is -2.20. The molecular weight excluding hydrogens is 436 g/mol. The average molecular weight is 463 g/mol. The standard InChI is InChI=1S/C30H26N2O3/c1-20-11-13-25(15-21(20)2)32-30(33)19-35-28-14-12-22(17-29(28)34-3)16-24(18-31)27-10-6-8-23-7-4-5-9-26(23)27/h4-17H,19H2,1-3H3,(H,32,33)/b24-16-. The third-order valence-corrected chi connectivity index (χ3v) is 5.85. The number of hydrogen-bond donors (Lipinski definition) is 1. The highest BCUT2D eigenvalue weighted by Crippen LogP contribution is 2.31. The summed E-state index contributed by atoms with van der Waals surface area (Å²) < 4.78 is 11.2. The van der Waals surface area contributed by atoms with Crippen LogP contribution in [0.2, 0.25) is 0 Å². The molecule has 5 nitrogen and oxygen atoms in total. The highest BCUT2D eigenvalue weighted by molar-refractivity contribution is 6.01. The van der Waals surface area contributed by atoms with E-state index in [1.807, 2.05) is 86.7 Å². The summed E-state index contributed by atoms with van der Waals surface area (Å²) in [6.45, 7) is 3.87. The van der Waals surface area contributed by atoms with Gasteiger partial charge in [0.2, 0.25) is 0 Å². The maximum Gasteiger partial charge on any atom is 0.262 e. The molecule has 4 rings (SSSR count). The highest BCUT2D eigenvalue weighted by Gasteiger charge is 2.11. The van der Waals surface area contributed by atoms with Gasteiger partial charge in [-0.05, 0) is 71.7 Å². The van der Waals surface area contributed by atoms with Crippen LogP contribution in [0.25, 0.3) is 22.4 Å². The summed E-state index contributed by atoms with van der Waals surface area (Å²) in [5, 5.41) is 14.8. The molecule has 174 valence electrons. The Morgan fingerprint density at radius 3 is 2.51 bits per heavy atom. The number of aryl methyl sites for hydroxylation is 2. The zero-order valence-electron chi connectivity index (χ0n) is 20.0. The first-order valence-electron chi connectivity index (χ1n) is 11.3. The fourth-order valence-corrected chi connectivity index (χ4v) is 3.85. The summed E-state index contributed by atoms with van der Waals surface area (Å²) in [5.74, 6) is 0.665. The van der Waals surface area contributed by atoms with E-state index in [9.17, 15) is 10.1 Å². The van der Waals surface area contributed by atoms with Crippen molar-refractivity contribution < 1.29 is 14.3 Å². The van der Waals surface area contributed by atoms with E-state index in [1.165, 1.54) is 0 Å². The van der Waals surface area contributed by atoms with Gasteiger partial charge >= 0.3 is 0 Å². The Morgan fingerprint density at radius 1 is 0.943 bits per heavy atom. The lowest BCUT2D eigenvalue weighted by Gasteiger charge is -2.12. The molecule has 0 aliphatic rings. The predicted molar refractivity (Wildman–Crippen MR) is 140 cm³/mol. The summed E-state index contributed by atoms with van der Waals surface area (Å²) >= 11 is 0. The Bertz CT molecular complexity index is 1460. The number of benzene rings is 4. The van der Waals surface area contributed by atoms with E-state index >= 15 is 0 Å². The van der Waals surface area contributed by atoms with Gasteiger partial charge < -0.3 is 14.8 Å². The second-order valence-electron chi connectivity index (χ2n) is 8.24. The molecule has 4 aromatic carbocycles. The van der Waals surface area contributed by atoms with E-state index in [4.69, 9.17) is 9.47 Å². The Kier molecular flexibility index (Phi) is 7.13. The van der Waals surface area contributed by atoms with Crippen LogP contribution >= 0.6 is 0 Å². The van der Waals surface area contributed by atoms with Gasteiger partial charge in [0.05, 0.1) is 18.8 Å². The number of anilines is 1. The van der Waals surface area contributed by atoms with Crippen molar-refractivity contribution >= 4 is 34.0 Å². The molecular formula is C30H26N2O3. The van der Waals surface area contributed by atoms with Crippen LogP contribution < -0.4 is 14.8 Å². The van der Waals surface area contributed by atoms with Gasteiger partial charge in [-0.15, -0.1) is 0 Å². The van der Waals surface area contributed by atoms with Crippen molar-refractivity contribution in [3.8, 4) is 17.6 Å². The van der Waals surface area contributed by atoms with E-state index in [0.29, 0.717) is 17.1 Å². The quantitative estimate of drug-likeness (QED) is 0.250. The Labute approximate surface area is 205 Å². The van der Waals surface area contributed by atoms with Crippen LogP contribution in [-0.4, -0.2) is 19.6 Å². The third-order valence-electron chi connectivity index (χ3n) is 5.85. The molecule has 1 N–H and O–H groups in total. The molecule has 0 bridgehead atoms. The number of nitrogens with zero attached hydrogens (tertiary/aromatic N) is 1. The molecule has 5 heteroatoms. The molecule has 1 amide bonds. The molecule has 0 atom stereocenters. The number of ether oxygens (including phenoxy) is 2. The van der Waals surface area contributed by atoms with E-state index < -0.39 is 0 Å². The second kappa shape index (κ2) is 10.6. The molecule has 0 saturated carbocycles. The monoisotopic (exact) mass is 462 g/mol. The first kappa shape index (κ1) is 23.6. The minimum atomic E-state index is -0.262. The van der Waals surface area contributed by atoms with Crippen LogP contribution in [0, 0.1) is 25.2 Å². The highest BCUT2D eigenvalue weighted by atomic mass is 16.5. The SMILES string of the molecule is COc1cc(/C=C(/C#N)c2cccc3ccccc23)ccc1OCC(=O)Nc1ccc(C)c(C)c1. The van der Waals surface area contributed by atoms with Crippen LogP contribution in [0.4, 0.5) is 5.69 Å². The van der Waals surface area contributed by atoms with Gasteiger partial charge in [0, 0.05) is 11.3 Å². The van der Waals surface area contributed by atoms with Gasteiger partial charge in [0.1, 0.15) is 0 Å². The Hall–Kier alpha value is -4.56. The number of fused-ring (bicyclic) bond motifs is 1. The molecule has 4 aromatic rings. The lowest BCUT2D eigenvalue weighted by atomic mass is 9.97. The largest absolute Gasteiger partial charge is 0.493 e. The van der Waals surface area contributed by atoms with E-state index in [-0.39, 0.29) is 12.5 Å². The molecule has 0 fully saturated rings. The van der Waals surface area contributed by atoms with Crippen LogP contribution in [0.1, 0.15) is 22.3 Å². The van der Waals surface area contributed by atoms with Crippen molar-refractivity contribution in [2.45, 2.75) is 13.8 Å². The molecule has 0 spiro atoms.